The number of hydrogen-bond acceptors (Lipinski definition) is 4. The molecule has 4 nitrogen and oxygen atoms in total. The fraction of sp³-hybridized carbons (Fsp3) is 0.632. The summed E-state index contributed by atoms with van der Waals surface area (Å²) in [5, 5.41) is 6.78. The Morgan fingerprint density at radius 2 is 1.88 bits per heavy atom. The van der Waals surface area contributed by atoms with E-state index >= 15 is 0 Å². The Morgan fingerprint density at radius 3 is 2.48 bits per heavy atom. The smallest absolute Gasteiger partial charge is 0.191 e. The molecule has 0 radical (unpaired) electrons. The van der Waals surface area contributed by atoms with Crippen molar-refractivity contribution in [2.75, 3.05) is 48.8 Å². The maximum absolute atomic E-state index is 4.73. The number of rotatable bonds is 7. The van der Waals surface area contributed by atoms with Crippen molar-refractivity contribution in [1.29, 1.82) is 0 Å². The highest BCUT2D eigenvalue weighted by atomic mass is 32.2. The van der Waals surface area contributed by atoms with E-state index in [1.54, 1.807) is 0 Å². The topological polar surface area (TPSA) is 39.7 Å². The fourth-order valence-corrected chi connectivity index (χ4v) is 3.63. The number of aliphatic imine (C=N–C) groups is 1. The van der Waals surface area contributed by atoms with Gasteiger partial charge in [0.25, 0.3) is 0 Å². The van der Waals surface area contributed by atoms with Gasteiger partial charge in [0.05, 0.1) is 6.54 Å². The summed E-state index contributed by atoms with van der Waals surface area (Å²) >= 11 is 3.91. The molecule has 1 aliphatic heterocycles. The van der Waals surface area contributed by atoms with Gasteiger partial charge in [0, 0.05) is 48.1 Å². The minimum Gasteiger partial charge on any atom is -0.370 e. The van der Waals surface area contributed by atoms with Crippen molar-refractivity contribution in [2.45, 2.75) is 32.1 Å². The average molecular weight is 381 g/mol. The van der Waals surface area contributed by atoms with Gasteiger partial charge in [0.15, 0.2) is 5.96 Å². The molecule has 0 aliphatic carbocycles. The number of anilines is 1. The average Bonchev–Trinajstić information content (AvgIpc) is 2.65. The molecule has 2 rings (SSSR count). The Labute approximate surface area is 161 Å². The molecule has 0 saturated carbocycles. The Morgan fingerprint density at radius 1 is 1.20 bits per heavy atom. The molecule has 140 valence electrons. The van der Waals surface area contributed by atoms with Crippen LogP contribution in [0.1, 0.15) is 26.3 Å². The highest BCUT2D eigenvalue weighted by Gasteiger charge is 2.16. The third kappa shape index (κ3) is 7.02. The summed E-state index contributed by atoms with van der Waals surface area (Å²) in [6, 6.07) is 8.88. The zero-order valence-corrected chi connectivity index (χ0v) is 17.6. The summed E-state index contributed by atoms with van der Waals surface area (Å²) in [7, 11) is 0. The molecule has 0 spiro atoms. The van der Waals surface area contributed by atoms with Gasteiger partial charge in [-0.1, -0.05) is 12.1 Å². The van der Waals surface area contributed by atoms with Crippen molar-refractivity contribution in [2.24, 2.45) is 4.99 Å². The van der Waals surface area contributed by atoms with Gasteiger partial charge in [-0.2, -0.15) is 23.5 Å². The number of hydrogen-bond donors (Lipinski definition) is 2. The van der Waals surface area contributed by atoms with E-state index < -0.39 is 0 Å². The molecule has 1 saturated heterocycles. The molecule has 0 atom stereocenters. The first-order chi connectivity index (χ1) is 12.0. The molecule has 0 amide bonds. The molecule has 2 N–H and O–H groups in total. The molecular formula is C19H32N4S2. The molecule has 1 aromatic rings. The van der Waals surface area contributed by atoms with Crippen LogP contribution in [0.5, 0.6) is 0 Å². The Kier molecular flexibility index (Phi) is 8.30. The first-order valence-corrected chi connectivity index (χ1v) is 11.4. The number of nitrogens with one attached hydrogen (secondary N) is 2. The molecule has 1 aromatic carbocycles. The number of nitrogens with zero attached hydrogens (tertiary/aromatic N) is 2. The van der Waals surface area contributed by atoms with Crippen LogP contribution in [0.25, 0.3) is 0 Å². The van der Waals surface area contributed by atoms with E-state index in [2.05, 4.69) is 66.8 Å². The van der Waals surface area contributed by atoms with E-state index in [0.29, 0.717) is 6.54 Å². The van der Waals surface area contributed by atoms with Gasteiger partial charge in [0.1, 0.15) is 0 Å². The second kappa shape index (κ2) is 10.2. The molecule has 1 aliphatic rings. The fourth-order valence-electron chi connectivity index (χ4n) is 2.51. The third-order valence-corrected chi connectivity index (χ3v) is 6.50. The van der Waals surface area contributed by atoms with Crippen LogP contribution < -0.4 is 15.5 Å². The van der Waals surface area contributed by atoms with Gasteiger partial charge in [-0.05, 0) is 44.7 Å². The van der Waals surface area contributed by atoms with E-state index in [1.165, 1.54) is 22.8 Å². The second-order valence-corrected chi connectivity index (χ2v) is 9.52. The van der Waals surface area contributed by atoms with E-state index in [1.807, 2.05) is 23.5 Å². The van der Waals surface area contributed by atoms with Gasteiger partial charge in [-0.15, -0.1) is 0 Å². The van der Waals surface area contributed by atoms with E-state index in [0.717, 1.165) is 32.1 Å². The van der Waals surface area contributed by atoms with Crippen LogP contribution in [0, 0.1) is 0 Å². The van der Waals surface area contributed by atoms with Gasteiger partial charge in [-0.3, -0.25) is 0 Å². The number of guanidine groups is 1. The summed E-state index contributed by atoms with van der Waals surface area (Å²) in [6.07, 6.45) is 2.15. The molecule has 25 heavy (non-hydrogen) atoms. The Balaban J connectivity index is 1.92. The molecule has 1 fully saturated rings. The van der Waals surface area contributed by atoms with Crippen LogP contribution in [0.4, 0.5) is 5.69 Å². The third-order valence-electron chi connectivity index (χ3n) is 4.31. The molecule has 0 bridgehead atoms. The SMILES string of the molecule is CCNC(=NCc1ccc(N2CCSCC2)cc1)NCC(C)(C)SC. The Bertz CT molecular complexity index is 537. The van der Waals surface area contributed by atoms with E-state index in [-0.39, 0.29) is 4.75 Å². The van der Waals surface area contributed by atoms with Crippen molar-refractivity contribution < 1.29 is 0 Å². The van der Waals surface area contributed by atoms with Gasteiger partial charge in [0.2, 0.25) is 0 Å². The van der Waals surface area contributed by atoms with E-state index in [4.69, 9.17) is 4.99 Å². The minimum atomic E-state index is 0.199. The molecule has 1 heterocycles. The van der Waals surface area contributed by atoms with Crippen LogP contribution in [0.2, 0.25) is 0 Å². The van der Waals surface area contributed by atoms with Gasteiger partial charge < -0.3 is 15.5 Å². The largest absolute Gasteiger partial charge is 0.370 e. The second-order valence-electron chi connectivity index (χ2n) is 6.78. The van der Waals surface area contributed by atoms with Crippen LogP contribution in [0.15, 0.2) is 29.3 Å². The normalized spacial score (nSPS) is 16.0. The lowest BCUT2D eigenvalue weighted by Gasteiger charge is -2.28. The highest BCUT2D eigenvalue weighted by molar-refractivity contribution is 8.00. The predicted octanol–water partition coefficient (Wildman–Crippen LogP) is 3.44. The van der Waals surface area contributed by atoms with E-state index in [9.17, 15) is 0 Å². The van der Waals surface area contributed by atoms with Crippen LogP contribution in [0.3, 0.4) is 0 Å². The maximum atomic E-state index is 4.73. The lowest BCUT2D eigenvalue weighted by molar-refractivity contribution is 0.665. The van der Waals surface area contributed by atoms with Crippen LogP contribution in [-0.4, -0.2) is 54.6 Å². The minimum absolute atomic E-state index is 0.199. The number of thioether (sulfide) groups is 2. The zero-order valence-electron chi connectivity index (χ0n) is 16.0. The zero-order chi connectivity index (χ0) is 18.1. The van der Waals surface area contributed by atoms with Crippen molar-refractivity contribution >= 4 is 35.2 Å². The monoisotopic (exact) mass is 380 g/mol. The standard InChI is InChI=1S/C19H32N4S2/c1-5-20-18(22-15-19(2,3)24-4)21-14-16-6-8-17(9-7-16)23-10-12-25-13-11-23/h6-9H,5,10-15H2,1-4H3,(H2,20,21,22). The van der Waals surface area contributed by atoms with Crippen LogP contribution >= 0.6 is 23.5 Å². The number of benzene rings is 1. The summed E-state index contributed by atoms with van der Waals surface area (Å²) in [5.41, 5.74) is 2.58. The van der Waals surface area contributed by atoms with Gasteiger partial charge >= 0.3 is 0 Å². The maximum Gasteiger partial charge on any atom is 0.191 e. The lowest BCUT2D eigenvalue weighted by Crippen LogP contribution is -2.43. The van der Waals surface area contributed by atoms with Crippen LogP contribution in [-0.2, 0) is 6.54 Å². The van der Waals surface area contributed by atoms with Crippen molar-refractivity contribution in [1.82, 2.24) is 10.6 Å². The van der Waals surface area contributed by atoms with Crippen molar-refractivity contribution in [3.8, 4) is 0 Å². The molecule has 0 unspecified atom stereocenters. The Hall–Kier alpha value is -1.01. The summed E-state index contributed by atoms with van der Waals surface area (Å²) in [5.74, 6) is 3.36. The summed E-state index contributed by atoms with van der Waals surface area (Å²) in [4.78, 5) is 7.20. The van der Waals surface area contributed by atoms with Gasteiger partial charge in [-0.25, -0.2) is 4.99 Å². The summed E-state index contributed by atoms with van der Waals surface area (Å²) < 4.78 is 0.199. The quantitative estimate of drug-likeness (QED) is 0.560. The molecular weight excluding hydrogens is 348 g/mol. The highest BCUT2D eigenvalue weighted by Crippen LogP contribution is 2.20. The first kappa shape index (κ1) is 20.3. The lowest BCUT2D eigenvalue weighted by atomic mass is 10.2. The first-order valence-electron chi connectivity index (χ1n) is 9.03. The van der Waals surface area contributed by atoms with Crippen molar-refractivity contribution in [3.05, 3.63) is 29.8 Å². The molecule has 6 heteroatoms. The predicted molar refractivity (Wildman–Crippen MR) is 116 cm³/mol. The van der Waals surface area contributed by atoms with Crippen molar-refractivity contribution in [3.63, 3.8) is 0 Å². The summed E-state index contributed by atoms with van der Waals surface area (Å²) in [6.45, 7) is 11.4. The molecule has 0 aromatic heterocycles.